The first-order chi connectivity index (χ1) is 14.3. The zero-order valence-corrected chi connectivity index (χ0v) is 17.9. The first-order valence-electron chi connectivity index (χ1n) is 9.86. The van der Waals surface area contributed by atoms with Crippen LogP contribution in [-0.2, 0) is 26.1 Å². The van der Waals surface area contributed by atoms with Crippen molar-refractivity contribution in [1.29, 1.82) is 0 Å². The van der Waals surface area contributed by atoms with Crippen LogP contribution in [0.3, 0.4) is 0 Å². The molecule has 0 aliphatic carbocycles. The number of ether oxygens (including phenoxy) is 1. The van der Waals surface area contributed by atoms with Crippen molar-refractivity contribution in [3.05, 3.63) is 59.7 Å². The van der Waals surface area contributed by atoms with Gasteiger partial charge in [0.05, 0.1) is 17.9 Å². The maximum Gasteiger partial charge on any atom is 0.328 e. The highest BCUT2D eigenvalue weighted by Crippen LogP contribution is 2.27. The Labute approximate surface area is 177 Å². The molecule has 2 N–H and O–H groups in total. The summed E-state index contributed by atoms with van der Waals surface area (Å²) in [6, 6.07) is 13.8. The second-order valence-electron chi connectivity index (χ2n) is 6.81. The second kappa shape index (κ2) is 10.9. The van der Waals surface area contributed by atoms with Crippen LogP contribution in [0, 0.1) is 0 Å². The van der Waals surface area contributed by atoms with Crippen LogP contribution in [0.15, 0.2) is 48.5 Å². The van der Waals surface area contributed by atoms with Gasteiger partial charge in [-0.2, -0.15) is 8.42 Å². The number of esters is 1. The Morgan fingerprint density at radius 2 is 1.77 bits per heavy atom. The van der Waals surface area contributed by atoms with Crippen LogP contribution in [0.1, 0.15) is 42.6 Å². The molecule has 2 aromatic carbocycles. The quantitative estimate of drug-likeness (QED) is 0.440. The van der Waals surface area contributed by atoms with E-state index in [9.17, 15) is 18.0 Å². The van der Waals surface area contributed by atoms with Gasteiger partial charge in [-0.25, -0.2) is 4.79 Å². The lowest BCUT2D eigenvalue weighted by atomic mass is 9.92. The molecule has 7 nitrogen and oxygen atoms in total. The topological polar surface area (TPSA) is 110 Å². The fourth-order valence-electron chi connectivity index (χ4n) is 3.19. The number of amides is 1. The predicted molar refractivity (Wildman–Crippen MR) is 115 cm³/mol. The molecule has 0 spiro atoms. The van der Waals surface area contributed by atoms with Gasteiger partial charge in [0.15, 0.2) is 0 Å². The number of carbonyl (C=O) groups excluding carboxylic acids is 2. The zero-order chi connectivity index (χ0) is 22.1. The van der Waals surface area contributed by atoms with Crippen LogP contribution in [0.25, 0.3) is 11.1 Å². The lowest BCUT2D eigenvalue weighted by Gasteiger charge is -2.20. The normalized spacial score (nSPS) is 12.2. The molecule has 0 heterocycles. The van der Waals surface area contributed by atoms with E-state index in [1.54, 1.807) is 6.92 Å². The van der Waals surface area contributed by atoms with Crippen molar-refractivity contribution in [3.8, 4) is 11.1 Å². The van der Waals surface area contributed by atoms with E-state index in [0.717, 1.165) is 23.1 Å². The number of hydrogen-bond donors (Lipinski definition) is 2. The molecule has 162 valence electrons. The van der Waals surface area contributed by atoms with E-state index < -0.39 is 33.8 Å². The summed E-state index contributed by atoms with van der Waals surface area (Å²) >= 11 is 0. The third-order valence-electron chi connectivity index (χ3n) is 4.52. The number of benzene rings is 2. The molecular weight excluding hydrogens is 406 g/mol. The Bertz CT molecular complexity index is 972. The molecule has 0 bridgehead atoms. The third kappa shape index (κ3) is 6.67. The van der Waals surface area contributed by atoms with Gasteiger partial charge in [-0.05, 0) is 36.5 Å². The largest absolute Gasteiger partial charge is 0.464 e. The SMILES string of the molecule is CCCc1cccc(-c2ccccc2)c1C(=O)N[C@@H](CCS(=O)(=O)O)C(=O)OCC. The van der Waals surface area contributed by atoms with Crippen molar-refractivity contribution < 1.29 is 27.3 Å². The molecule has 0 radical (unpaired) electrons. The van der Waals surface area contributed by atoms with Crippen molar-refractivity contribution >= 4 is 22.0 Å². The lowest BCUT2D eigenvalue weighted by molar-refractivity contribution is -0.145. The van der Waals surface area contributed by atoms with Crippen LogP contribution in [0.4, 0.5) is 0 Å². The molecule has 8 heteroatoms. The molecule has 1 atom stereocenters. The average Bonchev–Trinajstić information content (AvgIpc) is 2.71. The molecule has 0 aromatic heterocycles. The Morgan fingerprint density at radius 1 is 1.07 bits per heavy atom. The van der Waals surface area contributed by atoms with Crippen molar-refractivity contribution in [2.75, 3.05) is 12.4 Å². The molecule has 0 aliphatic rings. The van der Waals surface area contributed by atoms with Crippen molar-refractivity contribution in [2.24, 2.45) is 0 Å². The van der Waals surface area contributed by atoms with Crippen LogP contribution < -0.4 is 5.32 Å². The maximum atomic E-state index is 13.2. The summed E-state index contributed by atoms with van der Waals surface area (Å²) in [5, 5.41) is 2.61. The van der Waals surface area contributed by atoms with E-state index >= 15 is 0 Å². The number of rotatable bonds is 10. The summed E-state index contributed by atoms with van der Waals surface area (Å²) in [6.07, 6.45) is 1.20. The van der Waals surface area contributed by atoms with Crippen molar-refractivity contribution in [2.45, 2.75) is 39.2 Å². The highest BCUT2D eigenvalue weighted by molar-refractivity contribution is 7.85. The molecule has 30 heavy (non-hydrogen) atoms. The molecule has 2 rings (SSSR count). The molecule has 0 saturated heterocycles. The fourth-order valence-corrected chi connectivity index (χ4v) is 3.73. The van der Waals surface area contributed by atoms with Gasteiger partial charge in [-0.1, -0.05) is 61.9 Å². The minimum Gasteiger partial charge on any atom is -0.464 e. The van der Waals surface area contributed by atoms with Gasteiger partial charge in [-0.3, -0.25) is 9.35 Å². The number of carbonyl (C=O) groups is 2. The second-order valence-corrected chi connectivity index (χ2v) is 8.38. The van der Waals surface area contributed by atoms with Gasteiger partial charge in [0.25, 0.3) is 16.0 Å². The summed E-state index contributed by atoms with van der Waals surface area (Å²) in [5.74, 6) is -1.91. The van der Waals surface area contributed by atoms with E-state index in [4.69, 9.17) is 9.29 Å². The van der Waals surface area contributed by atoms with E-state index in [-0.39, 0.29) is 13.0 Å². The van der Waals surface area contributed by atoms with E-state index in [2.05, 4.69) is 5.32 Å². The number of aryl methyl sites for hydroxylation is 1. The summed E-state index contributed by atoms with van der Waals surface area (Å²) < 4.78 is 36.3. The van der Waals surface area contributed by atoms with Gasteiger partial charge in [0, 0.05) is 0 Å². The summed E-state index contributed by atoms with van der Waals surface area (Å²) in [4.78, 5) is 25.5. The van der Waals surface area contributed by atoms with Crippen LogP contribution in [0.5, 0.6) is 0 Å². The van der Waals surface area contributed by atoms with Crippen molar-refractivity contribution in [1.82, 2.24) is 5.32 Å². The van der Waals surface area contributed by atoms with E-state index in [1.807, 2.05) is 55.5 Å². The summed E-state index contributed by atoms with van der Waals surface area (Å²) in [6.45, 7) is 3.70. The van der Waals surface area contributed by atoms with E-state index in [1.165, 1.54) is 0 Å². The summed E-state index contributed by atoms with van der Waals surface area (Å²) in [5.41, 5.74) is 2.84. The molecule has 0 aliphatic heterocycles. The number of nitrogens with one attached hydrogen (secondary N) is 1. The molecule has 0 saturated carbocycles. The maximum absolute atomic E-state index is 13.2. The summed E-state index contributed by atoms with van der Waals surface area (Å²) in [7, 11) is -4.30. The lowest BCUT2D eigenvalue weighted by Crippen LogP contribution is -2.43. The standard InChI is InChI=1S/C22H27NO6S/c1-3-9-17-12-8-13-18(16-10-6-5-7-11-16)20(17)21(24)23-19(22(25)29-4-2)14-15-30(26,27)28/h5-8,10-13,19H,3-4,9,14-15H2,1-2H3,(H,23,24)(H,26,27,28)/t19-/m0/s1. The highest BCUT2D eigenvalue weighted by atomic mass is 32.2. The Kier molecular flexibility index (Phi) is 8.56. The van der Waals surface area contributed by atoms with Crippen LogP contribution in [-0.4, -0.2) is 43.2 Å². The minimum atomic E-state index is -4.30. The zero-order valence-electron chi connectivity index (χ0n) is 17.1. The number of hydrogen-bond acceptors (Lipinski definition) is 5. The van der Waals surface area contributed by atoms with Gasteiger partial charge in [0.2, 0.25) is 0 Å². The van der Waals surface area contributed by atoms with Gasteiger partial charge in [-0.15, -0.1) is 0 Å². The van der Waals surface area contributed by atoms with Gasteiger partial charge >= 0.3 is 5.97 Å². The molecule has 0 fully saturated rings. The van der Waals surface area contributed by atoms with Crippen molar-refractivity contribution in [3.63, 3.8) is 0 Å². The van der Waals surface area contributed by atoms with Gasteiger partial charge < -0.3 is 10.1 Å². The Balaban J connectivity index is 2.42. The molecule has 1 amide bonds. The van der Waals surface area contributed by atoms with Crippen LogP contribution >= 0.6 is 0 Å². The molecule has 2 aromatic rings. The fraction of sp³-hybridized carbons (Fsp3) is 0.364. The highest BCUT2D eigenvalue weighted by Gasteiger charge is 2.26. The minimum absolute atomic E-state index is 0.0821. The monoisotopic (exact) mass is 433 g/mol. The van der Waals surface area contributed by atoms with E-state index in [0.29, 0.717) is 12.0 Å². The smallest absolute Gasteiger partial charge is 0.328 e. The average molecular weight is 434 g/mol. The first kappa shape index (κ1) is 23.6. The predicted octanol–water partition coefficient (Wildman–Crippen LogP) is 3.25. The molecule has 0 unspecified atom stereocenters. The third-order valence-corrected chi connectivity index (χ3v) is 5.27. The Morgan fingerprint density at radius 3 is 2.37 bits per heavy atom. The molecular formula is C22H27NO6S. The van der Waals surface area contributed by atoms with Crippen LogP contribution in [0.2, 0.25) is 0 Å². The first-order valence-corrected chi connectivity index (χ1v) is 11.5. The van der Waals surface area contributed by atoms with Gasteiger partial charge in [0.1, 0.15) is 6.04 Å². The Hall–Kier alpha value is -2.71.